The zero-order valence-corrected chi connectivity index (χ0v) is 18.5. The molecule has 1 aromatic carbocycles. The van der Waals surface area contributed by atoms with Crippen LogP contribution in [0.5, 0.6) is 0 Å². The quantitative estimate of drug-likeness (QED) is 0.387. The molecule has 1 heterocycles. The smallest absolute Gasteiger partial charge is 0.349 e. The van der Waals surface area contributed by atoms with Gasteiger partial charge >= 0.3 is 5.97 Å². The first kappa shape index (κ1) is 23.9. The van der Waals surface area contributed by atoms with Gasteiger partial charge in [0.15, 0.2) is 6.10 Å². The van der Waals surface area contributed by atoms with Crippen LogP contribution >= 0.6 is 0 Å². The summed E-state index contributed by atoms with van der Waals surface area (Å²) in [6.45, 7) is 10.0. The van der Waals surface area contributed by atoms with Gasteiger partial charge in [-0.2, -0.15) is 5.26 Å². The molecule has 164 valence electrons. The molecule has 0 aliphatic heterocycles. The fraction of sp³-hybridized carbons (Fsp3) is 0.375. The Morgan fingerprint density at radius 2 is 1.90 bits per heavy atom. The predicted molar refractivity (Wildman–Crippen MR) is 116 cm³/mol. The van der Waals surface area contributed by atoms with Crippen molar-refractivity contribution in [2.75, 3.05) is 0 Å². The molecule has 2 rings (SSSR count). The van der Waals surface area contributed by atoms with Gasteiger partial charge in [-0.05, 0) is 69.5 Å². The number of halogens is 1. The number of amides is 1. The molecule has 1 amide bonds. The molecule has 2 unspecified atom stereocenters. The summed E-state index contributed by atoms with van der Waals surface area (Å²) in [5.74, 6) is -1.74. The lowest BCUT2D eigenvalue weighted by molar-refractivity contribution is -0.151. The van der Waals surface area contributed by atoms with Crippen LogP contribution in [0.25, 0.3) is 6.08 Å². The number of carbonyl (C=O) groups excluding carboxylic acids is 2. The molecule has 0 radical (unpaired) electrons. The summed E-state index contributed by atoms with van der Waals surface area (Å²) in [4.78, 5) is 24.9. The van der Waals surface area contributed by atoms with Crippen molar-refractivity contribution in [2.45, 2.75) is 59.7 Å². The SMILES string of the molecule is CCCn1c(C)cc(/C=C(\C#N)C(=O)OC(C)C(=O)NC(C)c2ccc(F)cc2)c1C. The summed E-state index contributed by atoms with van der Waals surface area (Å²) in [6, 6.07) is 9.14. The first-order valence-electron chi connectivity index (χ1n) is 10.2. The van der Waals surface area contributed by atoms with E-state index in [9.17, 15) is 19.2 Å². The van der Waals surface area contributed by atoms with Crippen LogP contribution in [0.2, 0.25) is 0 Å². The van der Waals surface area contributed by atoms with Crippen molar-refractivity contribution in [3.05, 3.63) is 64.2 Å². The van der Waals surface area contributed by atoms with E-state index in [2.05, 4.69) is 16.8 Å². The van der Waals surface area contributed by atoms with Gasteiger partial charge in [0.05, 0.1) is 6.04 Å². The average Bonchev–Trinajstić information content (AvgIpc) is 2.99. The molecule has 0 spiro atoms. The fourth-order valence-corrected chi connectivity index (χ4v) is 3.28. The maximum atomic E-state index is 13.1. The van der Waals surface area contributed by atoms with E-state index < -0.39 is 24.0 Å². The molecule has 0 bridgehead atoms. The van der Waals surface area contributed by atoms with Gasteiger partial charge in [0, 0.05) is 17.9 Å². The maximum Gasteiger partial charge on any atom is 0.349 e. The molecule has 0 saturated carbocycles. The van der Waals surface area contributed by atoms with Gasteiger partial charge in [-0.1, -0.05) is 19.1 Å². The van der Waals surface area contributed by atoms with Crippen molar-refractivity contribution >= 4 is 18.0 Å². The highest BCUT2D eigenvalue weighted by Crippen LogP contribution is 2.19. The molecule has 2 aromatic rings. The first-order valence-corrected chi connectivity index (χ1v) is 10.2. The Labute approximate surface area is 182 Å². The third-order valence-corrected chi connectivity index (χ3v) is 5.08. The second-order valence-electron chi connectivity index (χ2n) is 7.48. The van der Waals surface area contributed by atoms with Crippen molar-refractivity contribution in [3.8, 4) is 6.07 Å². The average molecular weight is 426 g/mol. The summed E-state index contributed by atoms with van der Waals surface area (Å²) in [7, 11) is 0. The summed E-state index contributed by atoms with van der Waals surface area (Å²) in [6.07, 6.45) is 1.36. The Hall–Kier alpha value is -3.40. The minimum Gasteiger partial charge on any atom is -0.448 e. The number of benzene rings is 1. The zero-order chi connectivity index (χ0) is 23.1. The number of rotatable bonds is 8. The lowest BCUT2D eigenvalue weighted by atomic mass is 10.1. The van der Waals surface area contributed by atoms with E-state index in [1.165, 1.54) is 25.1 Å². The Balaban J connectivity index is 2.07. The van der Waals surface area contributed by atoms with Gasteiger partial charge in [0.25, 0.3) is 5.91 Å². The van der Waals surface area contributed by atoms with Crippen LogP contribution in [-0.4, -0.2) is 22.5 Å². The van der Waals surface area contributed by atoms with Crippen LogP contribution in [0, 0.1) is 31.0 Å². The number of hydrogen-bond donors (Lipinski definition) is 1. The largest absolute Gasteiger partial charge is 0.448 e. The lowest BCUT2D eigenvalue weighted by Crippen LogP contribution is -2.37. The highest BCUT2D eigenvalue weighted by molar-refractivity contribution is 5.99. The third-order valence-electron chi connectivity index (χ3n) is 5.08. The van der Waals surface area contributed by atoms with Gasteiger partial charge in [-0.25, -0.2) is 9.18 Å². The molecule has 0 aliphatic carbocycles. The molecule has 1 N–H and O–H groups in total. The minimum absolute atomic E-state index is 0.178. The van der Waals surface area contributed by atoms with Gasteiger partial charge in [-0.3, -0.25) is 4.79 Å². The van der Waals surface area contributed by atoms with Crippen LogP contribution in [0.4, 0.5) is 4.39 Å². The van der Waals surface area contributed by atoms with Crippen molar-refractivity contribution in [2.24, 2.45) is 0 Å². The zero-order valence-electron chi connectivity index (χ0n) is 18.5. The number of nitriles is 1. The summed E-state index contributed by atoms with van der Waals surface area (Å²) < 4.78 is 20.4. The van der Waals surface area contributed by atoms with Crippen molar-refractivity contribution in [1.82, 2.24) is 9.88 Å². The molecule has 2 atom stereocenters. The van der Waals surface area contributed by atoms with E-state index in [-0.39, 0.29) is 11.4 Å². The van der Waals surface area contributed by atoms with Crippen LogP contribution < -0.4 is 5.32 Å². The lowest BCUT2D eigenvalue weighted by Gasteiger charge is -2.18. The molecule has 0 saturated heterocycles. The van der Waals surface area contributed by atoms with Crippen LogP contribution in [-0.2, 0) is 20.9 Å². The van der Waals surface area contributed by atoms with Gasteiger partial charge < -0.3 is 14.6 Å². The molecular weight excluding hydrogens is 397 g/mol. The summed E-state index contributed by atoms with van der Waals surface area (Å²) in [5.41, 5.74) is 3.30. The first-order chi connectivity index (χ1) is 14.7. The van der Waals surface area contributed by atoms with E-state index in [4.69, 9.17) is 4.74 Å². The van der Waals surface area contributed by atoms with E-state index in [1.54, 1.807) is 19.1 Å². The van der Waals surface area contributed by atoms with Crippen LogP contribution in [0.1, 0.15) is 55.7 Å². The third kappa shape index (κ3) is 6.05. The van der Waals surface area contributed by atoms with E-state index in [0.29, 0.717) is 5.56 Å². The molecule has 7 heteroatoms. The topological polar surface area (TPSA) is 84.1 Å². The fourth-order valence-electron chi connectivity index (χ4n) is 3.28. The van der Waals surface area contributed by atoms with Crippen LogP contribution in [0.3, 0.4) is 0 Å². The number of hydrogen-bond acceptors (Lipinski definition) is 4. The monoisotopic (exact) mass is 425 g/mol. The molecule has 0 fully saturated rings. The number of nitrogens with zero attached hydrogens (tertiary/aromatic N) is 2. The normalized spacial score (nSPS) is 13.3. The van der Waals surface area contributed by atoms with Crippen molar-refractivity contribution in [1.29, 1.82) is 5.26 Å². The highest BCUT2D eigenvalue weighted by Gasteiger charge is 2.22. The van der Waals surface area contributed by atoms with Crippen LogP contribution in [0.15, 0.2) is 35.9 Å². The van der Waals surface area contributed by atoms with Crippen molar-refractivity contribution < 1.29 is 18.7 Å². The minimum atomic E-state index is -1.10. The number of ether oxygens (including phenoxy) is 1. The number of esters is 1. The molecule has 6 nitrogen and oxygen atoms in total. The molecule has 0 aliphatic rings. The Kier molecular flexibility index (Phi) is 8.14. The predicted octanol–water partition coefficient (Wildman–Crippen LogP) is 4.37. The van der Waals surface area contributed by atoms with Crippen molar-refractivity contribution in [3.63, 3.8) is 0 Å². The molecular formula is C24H28FN3O3. The number of aryl methyl sites for hydroxylation is 1. The highest BCUT2D eigenvalue weighted by atomic mass is 19.1. The van der Waals surface area contributed by atoms with E-state index >= 15 is 0 Å². The number of carbonyl (C=O) groups is 2. The maximum absolute atomic E-state index is 13.1. The van der Waals surface area contributed by atoms with E-state index in [1.807, 2.05) is 26.0 Å². The Morgan fingerprint density at radius 3 is 2.48 bits per heavy atom. The summed E-state index contributed by atoms with van der Waals surface area (Å²) >= 11 is 0. The second kappa shape index (κ2) is 10.6. The van der Waals surface area contributed by atoms with Gasteiger partial charge in [0.2, 0.25) is 0 Å². The molecule has 1 aromatic heterocycles. The Morgan fingerprint density at radius 1 is 1.26 bits per heavy atom. The van der Waals surface area contributed by atoms with Gasteiger partial charge in [-0.15, -0.1) is 0 Å². The van der Waals surface area contributed by atoms with E-state index in [0.717, 1.165) is 29.9 Å². The summed E-state index contributed by atoms with van der Waals surface area (Å²) in [5, 5.41) is 12.2. The molecule has 31 heavy (non-hydrogen) atoms. The second-order valence-corrected chi connectivity index (χ2v) is 7.48. The number of aromatic nitrogens is 1. The Bertz CT molecular complexity index is 1020. The standard InChI is InChI=1S/C24H28FN3O3/c1-6-11-28-15(2)12-20(17(28)4)13-21(14-26)24(30)31-18(5)23(29)27-16(3)19-7-9-22(25)10-8-19/h7-10,12-13,16,18H,6,11H2,1-5H3,(H,27,29)/b21-13+. The number of nitrogens with one attached hydrogen (secondary N) is 1. The van der Waals surface area contributed by atoms with Gasteiger partial charge in [0.1, 0.15) is 17.5 Å².